The minimum absolute atomic E-state index is 0.160. The largest absolute Gasteiger partial charge is 0.506 e. The topological polar surface area (TPSA) is 26.7 Å². The van der Waals surface area contributed by atoms with Crippen molar-refractivity contribution in [3.8, 4) is 5.75 Å². The first-order valence-electron chi connectivity index (χ1n) is 7.00. The molecule has 1 atom stereocenters. The number of nitrogens with zero attached hydrogens (tertiary/aromatic N) is 2. The van der Waals surface area contributed by atoms with Crippen LogP contribution in [0.4, 0.5) is 0 Å². The lowest BCUT2D eigenvalue weighted by Gasteiger charge is -2.30. The third kappa shape index (κ3) is 3.85. The van der Waals surface area contributed by atoms with E-state index in [1.165, 1.54) is 18.5 Å². The Morgan fingerprint density at radius 1 is 1.37 bits per heavy atom. The van der Waals surface area contributed by atoms with Crippen molar-refractivity contribution >= 4 is 11.6 Å². The average molecular weight is 283 g/mol. The van der Waals surface area contributed by atoms with Crippen molar-refractivity contribution < 1.29 is 5.11 Å². The second-order valence-corrected chi connectivity index (χ2v) is 5.84. The van der Waals surface area contributed by atoms with Gasteiger partial charge in [-0.25, -0.2) is 0 Å². The third-order valence-corrected chi connectivity index (χ3v) is 4.20. The predicted molar refractivity (Wildman–Crippen MR) is 79.7 cm³/mol. The van der Waals surface area contributed by atoms with Gasteiger partial charge >= 0.3 is 0 Å². The van der Waals surface area contributed by atoms with E-state index < -0.39 is 0 Å². The van der Waals surface area contributed by atoms with Crippen molar-refractivity contribution in [1.29, 1.82) is 0 Å². The quantitative estimate of drug-likeness (QED) is 0.923. The van der Waals surface area contributed by atoms with E-state index in [-0.39, 0.29) is 5.75 Å². The Hall–Kier alpha value is -0.770. The summed E-state index contributed by atoms with van der Waals surface area (Å²) in [5, 5.41) is 9.92. The standard InChI is InChI=1S/C15H23ClN2O/c1-3-13-11-17(2)7-4-8-18(13)10-12-5-6-15(19)14(16)9-12/h5-6,9,13,19H,3-4,7-8,10-11H2,1-2H3. The molecule has 0 saturated carbocycles. The molecule has 0 aliphatic carbocycles. The molecule has 1 heterocycles. The molecule has 2 rings (SSSR count). The van der Waals surface area contributed by atoms with Crippen LogP contribution in [0.2, 0.25) is 5.02 Å². The van der Waals surface area contributed by atoms with Crippen molar-refractivity contribution in [2.75, 3.05) is 26.7 Å². The maximum absolute atomic E-state index is 9.48. The van der Waals surface area contributed by atoms with Crippen LogP contribution in [0.1, 0.15) is 25.3 Å². The number of aromatic hydroxyl groups is 1. The zero-order chi connectivity index (χ0) is 13.8. The molecule has 1 aliphatic heterocycles. The van der Waals surface area contributed by atoms with E-state index in [0.717, 1.165) is 26.1 Å². The lowest BCUT2D eigenvalue weighted by atomic mass is 10.1. The molecule has 1 saturated heterocycles. The summed E-state index contributed by atoms with van der Waals surface area (Å²) < 4.78 is 0. The molecule has 3 nitrogen and oxygen atoms in total. The van der Waals surface area contributed by atoms with Gasteiger partial charge < -0.3 is 10.0 Å². The van der Waals surface area contributed by atoms with Gasteiger partial charge in [0.2, 0.25) is 0 Å². The molecule has 1 unspecified atom stereocenters. The lowest BCUT2D eigenvalue weighted by molar-refractivity contribution is 0.176. The molecular weight excluding hydrogens is 260 g/mol. The Labute approximate surface area is 120 Å². The minimum Gasteiger partial charge on any atom is -0.506 e. The van der Waals surface area contributed by atoms with Gasteiger partial charge in [0.15, 0.2) is 0 Å². The number of phenolic OH excluding ortho intramolecular Hbond substituents is 1. The van der Waals surface area contributed by atoms with Gasteiger partial charge in [0, 0.05) is 25.7 Å². The molecule has 1 aromatic rings. The van der Waals surface area contributed by atoms with Crippen LogP contribution in [0.25, 0.3) is 0 Å². The molecule has 1 aliphatic rings. The van der Waals surface area contributed by atoms with Gasteiger partial charge in [-0.15, -0.1) is 0 Å². The first-order chi connectivity index (χ1) is 9.10. The first kappa shape index (κ1) is 14.6. The highest BCUT2D eigenvalue weighted by atomic mass is 35.5. The second-order valence-electron chi connectivity index (χ2n) is 5.43. The fourth-order valence-electron chi connectivity index (χ4n) is 2.77. The van der Waals surface area contributed by atoms with E-state index >= 15 is 0 Å². The summed E-state index contributed by atoms with van der Waals surface area (Å²) in [5.41, 5.74) is 1.17. The van der Waals surface area contributed by atoms with E-state index in [1.807, 2.05) is 12.1 Å². The van der Waals surface area contributed by atoms with E-state index in [2.05, 4.69) is 23.8 Å². The summed E-state index contributed by atoms with van der Waals surface area (Å²) in [6, 6.07) is 6.11. The predicted octanol–water partition coefficient (Wildman–Crippen LogP) is 2.96. The number of benzene rings is 1. The number of hydrogen-bond donors (Lipinski definition) is 1. The fourth-order valence-corrected chi connectivity index (χ4v) is 2.97. The Balaban J connectivity index is 2.08. The molecule has 1 N–H and O–H groups in total. The highest BCUT2D eigenvalue weighted by Gasteiger charge is 2.22. The van der Waals surface area contributed by atoms with Crippen molar-refractivity contribution in [3.05, 3.63) is 28.8 Å². The summed E-state index contributed by atoms with van der Waals surface area (Å²) in [5.74, 6) is 0.160. The minimum atomic E-state index is 0.160. The summed E-state index contributed by atoms with van der Waals surface area (Å²) in [6.45, 7) is 6.58. The first-order valence-corrected chi connectivity index (χ1v) is 7.38. The summed E-state index contributed by atoms with van der Waals surface area (Å²) in [7, 11) is 2.20. The third-order valence-electron chi connectivity index (χ3n) is 3.89. The van der Waals surface area contributed by atoms with Crippen LogP contribution in [0.3, 0.4) is 0 Å². The van der Waals surface area contributed by atoms with Crippen molar-refractivity contribution in [2.45, 2.75) is 32.4 Å². The van der Waals surface area contributed by atoms with Crippen molar-refractivity contribution in [3.63, 3.8) is 0 Å². The smallest absolute Gasteiger partial charge is 0.134 e. The molecule has 0 radical (unpaired) electrons. The number of phenols is 1. The van der Waals surface area contributed by atoms with Crippen molar-refractivity contribution in [1.82, 2.24) is 9.80 Å². The van der Waals surface area contributed by atoms with Crippen LogP contribution < -0.4 is 0 Å². The van der Waals surface area contributed by atoms with Gasteiger partial charge in [-0.1, -0.05) is 24.6 Å². The molecule has 0 amide bonds. The van der Waals surface area contributed by atoms with E-state index in [0.29, 0.717) is 11.1 Å². The molecule has 0 aromatic heterocycles. The van der Waals surface area contributed by atoms with Gasteiger partial charge in [-0.05, 0) is 44.1 Å². The maximum atomic E-state index is 9.48. The number of rotatable bonds is 3. The second kappa shape index (κ2) is 6.60. The van der Waals surface area contributed by atoms with Crippen LogP contribution >= 0.6 is 11.6 Å². The summed E-state index contributed by atoms with van der Waals surface area (Å²) in [4.78, 5) is 4.95. The highest BCUT2D eigenvalue weighted by Crippen LogP contribution is 2.25. The Morgan fingerprint density at radius 3 is 2.84 bits per heavy atom. The molecular formula is C15H23ClN2O. The molecule has 1 aromatic carbocycles. The summed E-state index contributed by atoms with van der Waals surface area (Å²) >= 11 is 5.98. The molecule has 0 spiro atoms. The van der Waals surface area contributed by atoms with Crippen LogP contribution in [0.5, 0.6) is 5.75 Å². The zero-order valence-electron chi connectivity index (χ0n) is 11.8. The zero-order valence-corrected chi connectivity index (χ0v) is 12.5. The number of halogens is 1. The molecule has 4 heteroatoms. The van der Waals surface area contributed by atoms with Gasteiger partial charge in [0.25, 0.3) is 0 Å². The fraction of sp³-hybridized carbons (Fsp3) is 0.600. The maximum Gasteiger partial charge on any atom is 0.134 e. The average Bonchev–Trinajstić information content (AvgIpc) is 2.56. The normalized spacial score (nSPS) is 22.4. The molecule has 106 valence electrons. The SMILES string of the molecule is CCC1CN(C)CCCN1Cc1ccc(O)c(Cl)c1. The van der Waals surface area contributed by atoms with Gasteiger partial charge in [0.05, 0.1) is 5.02 Å². The lowest BCUT2D eigenvalue weighted by Crippen LogP contribution is -2.39. The number of hydrogen-bond acceptors (Lipinski definition) is 3. The van der Waals surface area contributed by atoms with E-state index in [4.69, 9.17) is 11.6 Å². The van der Waals surface area contributed by atoms with Gasteiger partial charge in [-0.2, -0.15) is 0 Å². The van der Waals surface area contributed by atoms with Crippen LogP contribution in [0.15, 0.2) is 18.2 Å². The highest BCUT2D eigenvalue weighted by molar-refractivity contribution is 6.32. The van der Waals surface area contributed by atoms with Crippen LogP contribution in [0, 0.1) is 0 Å². The molecule has 19 heavy (non-hydrogen) atoms. The Bertz CT molecular complexity index is 425. The molecule has 0 bridgehead atoms. The molecule has 1 fully saturated rings. The Morgan fingerprint density at radius 2 is 2.16 bits per heavy atom. The van der Waals surface area contributed by atoms with E-state index in [1.54, 1.807) is 6.07 Å². The summed E-state index contributed by atoms with van der Waals surface area (Å²) in [6.07, 6.45) is 2.37. The Kier molecular flexibility index (Phi) is 5.08. The van der Waals surface area contributed by atoms with Gasteiger partial charge in [-0.3, -0.25) is 4.90 Å². The van der Waals surface area contributed by atoms with Gasteiger partial charge in [0.1, 0.15) is 5.75 Å². The monoisotopic (exact) mass is 282 g/mol. The number of likely N-dealkylation sites (N-methyl/N-ethyl adjacent to an activating group) is 1. The van der Waals surface area contributed by atoms with Crippen LogP contribution in [-0.4, -0.2) is 47.6 Å². The van der Waals surface area contributed by atoms with Crippen LogP contribution in [-0.2, 0) is 6.54 Å². The van der Waals surface area contributed by atoms with Crippen molar-refractivity contribution in [2.24, 2.45) is 0 Å². The van der Waals surface area contributed by atoms with E-state index in [9.17, 15) is 5.11 Å².